The Morgan fingerprint density at radius 1 is 1.29 bits per heavy atom. The molecule has 0 fully saturated rings. The second kappa shape index (κ2) is 7.83. The number of hydrogen-bond donors (Lipinski definition) is 1. The Hall–Kier alpha value is -0.410. The topological polar surface area (TPSA) is 12.0 Å². The zero-order valence-corrected chi connectivity index (χ0v) is 12.2. The lowest BCUT2D eigenvalue weighted by atomic mass is 10.00. The Bertz CT molecular complexity index is 341. The van der Waals surface area contributed by atoms with E-state index in [-0.39, 0.29) is 11.9 Å². The van der Waals surface area contributed by atoms with Crippen LogP contribution in [0.4, 0.5) is 4.39 Å². The van der Waals surface area contributed by atoms with Gasteiger partial charge in [0.2, 0.25) is 0 Å². The third-order valence-electron chi connectivity index (χ3n) is 3.03. The standard InChI is InChI=1S/C14H21BrFN/c1-3-4-5-6-7-14(17-2)12-10-11(16)8-9-13(12)15/h8-10,14,17H,3-7H2,1-2H3. The Morgan fingerprint density at radius 2 is 2.06 bits per heavy atom. The lowest BCUT2D eigenvalue weighted by Crippen LogP contribution is -2.17. The predicted octanol–water partition coefficient (Wildman–Crippen LogP) is 4.82. The molecule has 17 heavy (non-hydrogen) atoms. The molecule has 1 atom stereocenters. The minimum atomic E-state index is -0.169. The molecule has 0 aliphatic heterocycles. The number of benzene rings is 1. The van der Waals surface area contributed by atoms with Crippen molar-refractivity contribution in [2.75, 3.05) is 7.05 Å². The molecule has 0 spiro atoms. The van der Waals surface area contributed by atoms with Crippen LogP contribution in [0.5, 0.6) is 0 Å². The highest BCUT2D eigenvalue weighted by atomic mass is 79.9. The molecule has 1 unspecified atom stereocenters. The van der Waals surface area contributed by atoms with Gasteiger partial charge in [0.25, 0.3) is 0 Å². The highest BCUT2D eigenvalue weighted by Gasteiger charge is 2.12. The smallest absolute Gasteiger partial charge is 0.123 e. The molecule has 0 heterocycles. The summed E-state index contributed by atoms with van der Waals surface area (Å²) in [6, 6.07) is 5.11. The molecule has 0 aliphatic carbocycles. The fourth-order valence-corrected chi connectivity index (χ4v) is 2.54. The highest BCUT2D eigenvalue weighted by Crippen LogP contribution is 2.27. The number of halogens is 2. The molecule has 0 saturated carbocycles. The van der Waals surface area contributed by atoms with Gasteiger partial charge in [-0.3, -0.25) is 0 Å². The van der Waals surface area contributed by atoms with E-state index in [0.29, 0.717) is 0 Å². The van der Waals surface area contributed by atoms with Crippen molar-refractivity contribution in [3.63, 3.8) is 0 Å². The molecule has 0 radical (unpaired) electrons. The van der Waals surface area contributed by atoms with Gasteiger partial charge in [-0.25, -0.2) is 4.39 Å². The molecule has 96 valence electrons. The summed E-state index contributed by atoms with van der Waals surface area (Å²) in [6.07, 6.45) is 6.01. The van der Waals surface area contributed by atoms with Crippen LogP contribution in [0.25, 0.3) is 0 Å². The summed E-state index contributed by atoms with van der Waals surface area (Å²) in [5.41, 5.74) is 1.02. The molecule has 1 aromatic carbocycles. The average molecular weight is 302 g/mol. The second-order valence-electron chi connectivity index (χ2n) is 4.36. The Kier molecular flexibility index (Phi) is 6.75. The summed E-state index contributed by atoms with van der Waals surface area (Å²) in [6.45, 7) is 2.21. The Labute approximate surface area is 112 Å². The lowest BCUT2D eigenvalue weighted by molar-refractivity contribution is 0.500. The maximum atomic E-state index is 13.2. The Morgan fingerprint density at radius 3 is 2.71 bits per heavy atom. The SMILES string of the molecule is CCCCCCC(NC)c1cc(F)ccc1Br. The monoisotopic (exact) mass is 301 g/mol. The van der Waals surface area contributed by atoms with E-state index in [1.165, 1.54) is 31.7 Å². The highest BCUT2D eigenvalue weighted by molar-refractivity contribution is 9.10. The minimum Gasteiger partial charge on any atom is -0.313 e. The van der Waals surface area contributed by atoms with Crippen molar-refractivity contribution in [1.82, 2.24) is 5.32 Å². The first-order valence-electron chi connectivity index (χ1n) is 6.31. The largest absolute Gasteiger partial charge is 0.313 e. The van der Waals surface area contributed by atoms with Crippen molar-refractivity contribution >= 4 is 15.9 Å². The van der Waals surface area contributed by atoms with E-state index in [9.17, 15) is 4.39 Å². The van der Waals surface area contributed by atoms with Crippen molar-refractivity contribution in [2.45, 2.75) is 45.1 Å². The van der Waals surface area contributed by atoms with Crippen LogP contribution >= 0.6 is 15.9 Å². The first kappa shape index (κ1) is 14.7. The molecule has 1 aromatic rings. The molecule has 1 N–H and O–H groups in total. The van der Waals surface area contributed by atoms with Crippen LogP contribution in [0.1, 0.15) is 50.6 Å². The van der Waals surface area contributed by atoms with Gasteiger partial charge in [0.05, 0.1) is 0 Å². The van der Waals surface area contributed by atoms with Gasteiger partial charge in [0, 0.05) is 10.5 Å². The van der Waals surface area contributed by atoms with E-state index in [1.54, 1.807) is 12.1 Å². The number of nitrogens with one attached hydrogen (secondary N) is 1. The molecular weight excluding hydrogens is 281 g/mol. The maximum Gasteiger partial charge on any atom is 0.123 e. The van der Waals surface area contributed by atoms with E-state index >= 15 is 0 Å². The maximum absolute atomic E-state index is 13.2. The van der Waals surface area contributed by atoms with Crippen molar-refractivity contribution in [1.29, 1.82) is 0 Å². The first-order chi connectivity index (χ1) is 8.19. The summed E-state index contributed by atoms with van der Waals surface area (Å²) in [4.78, 5) is 0. The van der Waals surface area contributed by atoms with E-state index in [0.717, 1.165) is 16.5 Å². The van der Waals surface area contributed by atoms with Gasteiger partial charge < -0.3 is 5.32 Å². The number of unbranched alkanes of at least 4 members (excludes halogenated alkanes) is 3. The van der Waals surface area contributed by atoms with E-state index in [2.05, 4.69) is 28.2 Å². The van der Waals surface area contributed by atoms with Crippen molar-refractivity contribution < 1.29 is 4.39 Å². The van der Waals surface area contributed by atoms with E-state index < -0.39 is 0 Å². The van der Waals surface area contributed by atoms with E-state index in [4.69, 9.17) is 0 Å². The molecule has 0 bridgehead atoms. The average Bonchev–Trinajstić information content (AvgIpc) is 2.33. The fourth-order valence-electron chi connectivity index (χ4n) is 2.01. The molecular formula is C14H21BrFN. The van der Waals surface area contributed by atoms with Crippen LogP contribution in [-0.4, -0.2) is 7.05 Å². The fraction of sp³-hybridized carbons (Fsp3) is 0.571. The van der Waals surface area contributed by atoms with Gasteiger partial charge in [0.15, 0.2) is 0 Å². The summed E-state index contributed by atoms with van der Waals surface area (Å²) in [7, 11) is 1.93. The van der Waals surface area contributed by atoms with Gasteiger partial charge in [0.1, 0.15) is 5.82 Å². The zero-order valence-electron chi connectivity index (χ0n) is 10.6. The number of hydrogen-bond acceptors (Lipinski definition) is 1. The molecule has 0 aromatic heterocycles. The third kappa shape index (κ3) is 4.76. The molecule has 1 rings (SSSR count). The summed E-state index contributed by atoms with van der Waals surface area (Å²) < 4.78 is 14.2. The lowest BCUT2D eigenvalue weighted by Gasteiger charge is -2.18. The first-order valence-corrected chi connectivity index (χ1v) is 7.10. The summed E-state index contributed by atoms with van der Waals surface area (Å²) >= 11 is 3.49. The molecule has 3 heteroatoms. The van der Waals surface area contributed by atoms with Crippen molar-refractivity contribution in [3.8, 4) is 0 Å². The third-order valence-corrected chi connectivity index (χ3v) is 3.75. The van der Waals surface area contributed by atoms with Crippen LogP contribution in [0, 0.1) is 5.82 Å². The van der Waals surface area contributed by atoms with Crippen molar-refractivity contribution in [3.05, 3.63) is 34.1 Å². The minimum absolute atomic E-state index is 0.169. The molecule has 0 saturated heterocycles. The van der Waals surface area contributed by atoms with Crippen LogP contribution in [0.3, 0.4) is 0 Å². The van der Waals surface area contributed by atoms with Crippen molar-refractivity contribution in [2.24, 2.45) is 0 Å². The second-order valence-corrected chi connectivity index (χ2v) is 5.21. The van der Waals surface area contributed by atoms with E-state index in [1.807, 2.05) is 7.05 Å². The van der Waals surface area contributed by atoms with Gasteiger partial charge in [-0.1, -0.05) is 48.5 Å². The van der Waals surface area contributed by atoms with Crippen LogP contribution < -0.4 is 5.32 Å². The zero-order chi connectivity index (χ0) is 12.7. The van der Waals surface area contributed by atoms with Crippen LogP contribution in [-0.2, 0) is 0 Å². The predicted molar refractivity (Wildman–Crippen MR) is 74.7 cm³/mol. The van der Waals surface area contributed by atoms with Gasteiger partial charge in [-0.05, 0) is 37.2 Å². The van der Waals surface area contributed by atoms with Gasteiger partial charge >= 0.3 is 0 Å². The molecule has 0 amide bonds. The summed E-state index contributed by atoms with van der Waals surface area (Å²) in [5.74, 6) is -0.169. The Balaban J connectivity index is 2.62. The van der Waals surface area contributed by atoms with Gasteiger partial charge in [-0.2, -0.15) is 0 Å². The molecule has 0 aliphatic rings. The number of rotatable bonds is 7. The van der Waals surface area contributed by atoms with Crippen LogP contribution in [0.2, 0.25) is 0 Å². The van der Waals surface area contributed by atoms with Gasteiger partial charge in [-0.15, -0.1) is 0 Å². The van der Waals surface area contributed by atoms with Crippen LogP contribution in [0.15, 0.2) is 22.7 Å². The molecule has 1 nitrogen and oxygen atoms in total. The quantitative estimate of drug-likeness (QED) is 0.712. The normalized spacial score (nSPS) is 12.7. The summed E-state index contributed by atoms with van der Waals surface area (Å²) in [5, 5.41) is 3.27.